The first-order chi connectivity index (χ1) is 12.1. The molecule has 0 saturated carbocycles. The summed E-state index contributed by atoms with van der Waals surface area (Å²) < 4.78 is 31.5. The van der Waals surface area contributed by atoms with Crippen LogP contribution in [-0.4, -0.2) is 41.8 Å². The minimum atomic E-state index is -3.37. The molecule has 0 N–H and O–H groups in total. The minimum Gasteiger partial charge on any atom is -0.497 e. The van der Waals surface area contributed by atoms with Crippen molar-refractivity contribution in [3.8, 4) is 11.4 Å². The number of rotatable bonds is 7. The molecule has 3 aromatic rings. The topological polar surface area (TPSA) is 74.1 Å². The zero-order valence-electron chi connectivity index (χ0n) is 13.6. The number of aromatic nitrogens is 3. The minimum absolute atomic E-state index is 0.00467. The lowest BCUT2D eigenvalue weighted by Crippen LogP contribution is -2.09. The van der Waals surface area contributed by atoms with E-state index in [0.717, 1.165) is 5.69 Å². The third-order valence-electron chi connectivity index (χ3n) is 3.48. The van der Waals surface area contributed by atoms with Crippen molar-refractivity contribution in [2.45, 2.75) is 10.1 Å². The van der Waals surface area contributed by atoms with Crippen LogP contribution in [0.4, 0.5) is 0 Å². The van der Waals surface area contributed by atoms with Gasteiger partial charge in [0.05, 0.1) is 23.4 Å². The van der Waals surface area contributed by atoms with E-state index in [-0.39, 0.29) is 10.6 Å². The Morgan fingerprint density at radius 2 is 1.92 bits per heavy atom. The van der Waals surface area contributed by atoms with E-state index in [0.29, 0.717) is 16.7 Å². The Hall–Kier alpha value is -2.32. The Labute approximate surface area is 150 Å². The average molecular weight is 375 g/mol. The molecule has 0 radical (unpaired) electrons. The predicted octanol–water partition coefficient (Wildman–Crippen LogP) is 2.84. The first kappa shape index (κ1) is 17.5. The van der Waals surface area contributed by atoms with Gasteiger partial charge in [0.1, 0.15) is 12.1 Å². The van der Waals surface area contributed by atoms with Gasteiger partial charge in [0.2, 0.25) is 5.16 Å². The standard InChI is InChI=1S/C17H17N3O3S2/c1-23-15-8-5-9-16(12-15)25(21,22)11-10-24-17-18-13-20(19-17)14-6-3-2-4-7-14/h2-9,12-13H,10-11H2,1H3. The third-order valence-corrected chi connectivity index (χ3v) is 6.30. The molecule has 0 aliphatic heterocycles. The Morgan fingerprint density at radius 3 is 2.68 bits per heavy atom. The van der Waals surface area contributed by atoms with E-state index < -0.39 is 9.84 Å². The van der Waals surface area contributed by atoms with Gasteiger partial charge < -0.3 is 4.74 Å². The quantitative estimate of drug-likeness (QED) is 0.591. The summed E-state index contributed by atoms with van der Waals surface area (Å²) in [5.41, 5.74) is 0.908. The van der Waals surface area contributed by atoms with Gasteiger partial charge in [-0.1, -0.05) is 36.0 Å². The van der Waals surface area contributed by atoms with Gasteiger partial charge in [0.15, 0.2) is 9.84 Å². The molecule has 25 heavy (non-hydrogen) atoms. The molecule has 0 unspecified atom stereocenters. The van der Waals surface area contributed by atoms with Gasteiger partial charge in [-0.2, -0.15) is 0 Å². The number of thioether (sulfide) groups is 1. The van der Waals surface area contributed by atoms with Crippen LogP contribution in [0.1, 0.15) is 0 Å². The summed E-state index contributed by atoms with van der Waals surface area (Å²) in [5, 5.41) is 4.90. The highest BCUT2D eigenvalue weighted by atomic mass is 32.2. The lowest BCUT2D eigenvalue weighted by molar-refractivity contribution is 0.413. The van der Waals surface area contributed by atoms with Crippen molar-refractivity contribution in [1.29, 1.82) is 0 Å². The van der Waals surface area contributed by atoms with E-state index in [1.165, 1.54) is 24.9 Å². The summed E-state index contributed by atoms with van der Waals surface area (Å²) in [4.78, 5) is 4.47. The second-order valence-corrected chi connectivity index (χ2v) is 8.32. The molecule has 0 aliphatic carbocycles. The summed E-state index contributed by atoms with van der Waals surface area (Å²) in [6.45, 7) is 0. The molecule has 130 valence electrons. The molecule has 6 nitrogen and oxygen atoms in total. The molecule has 1 aromatic heterocycles. The van der Waals surface area contributed by atoms with Crippen LogP contribution in [0.2, 0.25) is 0 Å². The lowest BCUT2D eigenvalue weighted by Gasteiger charge is -2.05. The van der Waals surface area contributed by atoms with Crippen molar-refractivity contribution in [2.24, 2.45) is 0 Å². The number of methoxy groups -OCH3 is 1. The van der Waals surface area contributed by atoms with Crippen LogP contribution in [0.15, 0.2) is 71.0 Å². The molecule has 0 spiro atoms. The Kier molecular flexibility index (Phi) is 5.40. The SMILES string of the molecule is COc1cccc(S(=O)(=O)CCSc2ncn(-c3ccccc3)n2)c1. The first-order valence-electron chi connectivity index (χ1n) is 7.55. The number of ether oxygens (including phenoxy) is 1. The zero-order valence-corrected chi connectivity index (χ0v) is 15.2. The van der Waals surface area contributed by atoms with Crippen molar-refractivity contribution >= 4 is 21.6 Å². The fourth-order valence-electron chi connectivity index (χ4n) is 2.17. The fourth-order valence-corrected chi connectivity index (χ4v) is 4.65. The monoisotopic (exact) mass is 375 g/mol. The Balaban J connectivity index is 1.62. The number of nitrogens with zero attached hydrogens (tertiary/aromatic N) is 3. The van der Waals surface area contributed by atoms with Crippen LogP contribution in [0.25, 0.3) is 5.69 Å². The van der Waals surface area contributed by atoms with Crippen molar-refractivity contribution in [1.82, 2.24) is 14.8 Å². The van der Waals surface area contributed by atoms with E-state index in [9.17, 15) is 8.42 Å². The Bertz CT molecular complexity index is 941. The van der Waals surface area contributed by atoms with Gasteiger partial charge in [-0.3, -0.25) is 0 Å². The number of hydrogen-bond acceptors (Lipinski definition) is 6. The van der Waals surface area contributed by atoms with E-state index in [2.05, 4.69) is 10.1 Å². The van der Waals surface area contributed by atoms with Crippen LogP contribution >= 0.6 is 11.8 Å². The van der Waals surface area contributed by atoms with Crippen LogP contribution in [0, 0.1) is 0 Å². The van der Waals surface area contributed by atoms with Gasteiger partial charge in [-0.05, 0) is 30.3 Å². The Morgan fingerprint density at radius 1 is 1.12 bits per heavy atom. The van der Waals surface area contributed by atoms with Crippen molar-refractivity contribution in [2.75, 3.05) is 18.6 Å². The fraction of sp³-hybridized carbons (Fsp3) is 0.176. The molecule has 0 amide bonds. The third kappa shape index (κ3) is 4.40. The van der Waals surface area contributed by atoms with Crippen LogP contribution in [0.3, 0.4) is 0 Å². The molecule has 0 bridgehead atoms. The molecule has 0 saturated heterocycles. The van der Waals surface area contributed by atoms with Gasteiger partial charge in [0.25, 0.3) is 0 Å². The molecule has 0 fully saturated rings. The maximum Gasteiger partial charge on any atom is 0.208 e. The zero-order chi connectivity index (χ0) is 17.7. The van der Waals surface area contributed by atoms with Gasteiger partial charge in [-0.15, -0.1) is 5.10 Å². The van der Waals surface area contributed by atoms with Gasteiger partial charge in [0, 0.05) is 5.75 Å². The molecule has 3 rings (SSSR count). The smallest absolute Gasteiger partial charge is 0.208 e. The van der Waals surface area contributed by atoms with E-state index in [1.54, 1.807) is 29.2 Å². The largest absolute Gasteiger partial charge is 0.497 e. The highest BCUT2D eigenvalue weighted by molar-refractivity contribution is 8.00. The second-order valence-electron chi connectivity index (χ2n) is 5.15. The van der Waals surface area contributed by atoms with Crippen molar-refractivity contribution in [3.63, 3.8) is 0 Å². The average Bonchev–Trinajstić information content (AvgIpc) is 3.11. The van der Waals surface area contributed by atoms with Crippen LogP contribution < -0.4 is 4.74 Å². The molecule has 8 heteroatoms. The molecule has 0 atom stereocenters. The highest BCUT2D eigenvalue weighted by Gasteiger charge is 2.16. The summed E-state index contributed by atoms with van der Waals surface area (Å²) in [7, 11) is -1.86. The summed E-state index contributed by atoms with van der Waals surface area (Å²) in [6.07, 6.45) is 1.62. The summed E-state index contributed by atoms with van der Waals surface area (Å²) in [5.74, 6) is 0.903. The maximum absolute atomic E-state index is 12.4. The number of hydrogen-bond donors (Lipinski definition) is 0. The number of benzene rings is 2. The van der Waals surface area contributed by atoms with Crippen LogP contribution in [0.5, 0.6) is 5.75 Å². The molecule has 2 aromatic carbocycles. The van der Waals surface area contributed by atoms with E-state index >= 15 is 0 Å². The van der Waals surface area contributed by atoms with Crippen LogP contribution in [-0.2, 0) is 9.84 Å². The van der Waals surface area contributed by atoms with Crippen molar-refractivity contribution in [3.05, 3.63) is 60.9 Å². The first-order valence-corrected chi connectivity index (χ1v) is 10.2. The number of sulfone groups is 1. The normalized spacial score (nSPS) is 11.4. The molecule has 0 aliphatic rings. The van der Waals surface area contributed by atoms with E-state index in [1.807, 2.05) is 30.3 Å². The molecular formula is C17H17N3O3S2. The molecule has 1 heterocycles. The highest BCUT2D eigenvalue weighted by Crippen LogP contribution is 2.20. The summed E-state index contributed by atoms with van der Waals surface area (Å²) >= 11 is 1.31. The van der Waals surface area contributed by atoms with Crippen molar-refractivity contribution < 1.29 is 13.2 Å². The maximum atomic E-state index is 12.4. The lowest BCUT2D eigenvalue weighted by atomic mass is 10.3. The predicted molar refractivity (Wildman–Crippen MR) is 97.1 cm³/mol. The summed E-state index contributed by atoms with van der Waals surface area (Å²) in [6, 6.07) is 16.1. The number of para-hydroxylation sites is 1. The van der Waals surface area contributed by atoms with Gasteiger partial charge in [-0.25, -0.2) is 18.1 Å². The molecular weight excluding hydrogens is 358 g/mol. The van der Waals surface area contributed by atoms with Gasteiger partial charge >= 0.3 is 0 Å². The second kappa shape index (κ2) is 7.71. The van der Waals surface area contributed by atoms with E-state index in [4.69, 9.17) is 4.74 Å².